The lowest BCUT2D eigenvalue weighted by atomic mass is 10.1. The molecule has 0 radical (unpaired) electrons. The van der Waals surface area contributed by atoms with E-state index < -0.39 is 0 Å². The van der Waals surface area contributed by atoms with E-state index in [1.165, 1.54) is 12.1 Å². The first kappa shape index (κ1) is 17.2. The Morgan fingerprint density at radius 2 is 1.92 bits per heavy atom. The second-order valence-electron chi connectivity index (χ2n) is 6.90. The minimum absolute atomic E-state index is 0.0986. The molecule has 1 N–H and O–H groups in total. The van der Waals surface area contributed by atoms with E-state index in [2.05, 4.69) is 24.1 Å². The lowest BCUT2D eigenvalue weighted by Crippen LogP contribution is -2.51. The summed E-state index contributed by atoms with van der Waals surface area (Å²) in [6.45, 7) is 7.66. The Bertz CT molecular complexity index is 556. The Labute approximate surface area is 142 Å². The minimum atomic E-state index is -0.303. The van der Waals surface area contributed by atoms with E-state index in [0.717, 1.165) is 39.0 Å². The van der Waals surface area contributed by atoms with Crippen molar-refractivity contribution >= 4 is 11.7 Å². The maximum atomic E-state index is 13.0. The lowest BCUT2D eigenvalue weighted by Gasteiger charge is -2.38. The quantitative estimate of drug-likeness (QED) is 0.924. The van der Waals surface area contributed by atoms with Crippen molar-refractivity contribution < 1.29 is 13.9 Å². The molecule has 3 atom stereocenters. The molecule has 2 amide bonds. The van der Waals surface area contributed by atoms with Crippen molar-refractivity contribution in [2.75, 3.05) is 31.5 Å². The predicted octanol–water partition coefficient (Wildman–Crippen LogP) is 2.93. The molecule has 2 aliphatic heterocycles. The van der Waals surface area contributed by atoms with Crippen LogP contribution in [0.3, 0.4) is 0 Å². The number of hydrogen-bond donors (Lipinski definition) is 1. The molecule has 1 aromatic rings. The first-order valence-corrected chi connectivity index (χ1v) is 8.72. The van der Waals surface area contributed by atoms with E-state index in [1.807, 2.05) is 4.90 Å². The van der Waals surface area contributed by atoms with Crippen LogP contribution in [0.1, 0.15) is 26.7 Å². The average molecular weight is 335 g/mol. The fraction of sp³-hybridized carbons (Fsp3) is 0.611. The highest BCUT2D eigenvalue weighted by molar-refractivity contribution is 5.89. The second kappa shape index (κ2) is 7.49. The van der Waals surface area contributed by atoms with Gasteiger partial charge >= 0.3 is 6.03 Å². The van der Waals surface area contributed by atoms with Gasteiger partial charge in [0.1, 0.15) is 5.82 Å². The summed E-state index contributed by atoms with van der Waals surface area (Å²) in [5, 5.41) is 2.87. The van der Waals surface area contributed by atoms with E-state index in [1.54, 1.807) is 12.1 Å². The second-order valence-corrected chi connectivity index (χ2v) is 6.90. The third kappa shape index (κ3) is 4.24. The molecule has 3 rings (SSSR count). The first-order valence-electron chi connectivity index (χ1n) is 8.72. The van der Waals surface area contributed by atoms with Gasteiger partial charge in [0.2, 0.25) is 0 Å². The average Bonchev–Trinajstić information content (AvgIpc) is 2.96. The largest absolute Gasteiger partial charge is 0.373 e. The molecule has 2 heterocycles. The molecule has 0 bridgehead atoms. The number of benzene rings is 1. The molecule has 24 heavy (non-hydrogen) atoms. The van der Waals surface area contributed by atoms with E-state index in [0.29, 0.717) is 5.69 Å². The Hall–Kier alpha value is -1.66. The molecule has 2 saturated heterocycles. The van der Waals surface area contributed by atoms with Crippen LogP contribution in [0.2, 0.25) is 0 Å². The van der Waals surface area contributed by atoms with Crippen LogP contribution >= 0.6 is 0 Å². The van der Waals surface area contributed by atoms with Gasteiger partial charge in [-0.2, -0.15) is 0 Å². The molecule has 2 fully saturated rings. The maximum Gasteiger partial charge on any atom is 0.322 e. The van der Waals surface area contributed by atoms with Crippen LogP contribution in [0.15, 0.2) is 24.3 Å². The van der Waals surface area contributed by atoms with Gasteiger partial charge in [0, 0.05) is 37.9 Å². The zero-order valence-electron chi connectivity index (χ0n) is 14.4. The van der Waals surface area contributed by atoms with Crippen molar-refractivity contribution in [3.05, 3.63) is 30.1 Å². The van der Waals surface area contributed by atoms with Crippen LogP contribution in [-0.4, -0.2) is 60.3 Å². The number of hydrogen-bond acceptors (Lipinski definition) is 3. The van der Waals surface area contributed by atoms with Gasteiger partial charge in [0.25, 0.3) is 0 Å². The van der Waals surface area contributed by atoms with Gasteiger partial charge in [-0.3, -0.25) is 4.90 Å². The van der Waals surface area contributed by atoms with Crippen molar-refractivity contribution in [2.24, 2.45) is 0 Å². The van der Waals surface area contributed by atoms with Gasteiger partial charge in [0.05, 0.1) is 12.2 Å². The SMILES string of the molecule is C[C@@H]1CN(C[C@@H]2CCCN2C(=O)Nc2ccc(F)cc2)C[C@@H](C)O1. The van der Waals surface area contributed by atoms with Crippen molar-refractivity contribution in [1.29, 1.82) is 0 Å². The molecule has 0 unspecified atom stereocenters. The Balaban J connectivity index is 1.58. The predicted molar refractivity (Wildman–Crippen MR) is 91.6 cm³/mol. The van der Waals surface area contributed by atoms with Crippen LogP contribution < -0.4 is 5.32 Å². The van der Waals surface area contributed by atoms with Crippen LogP contribution in [0.4, 0.5) is 14.9 Å². The molecule has 0 saturated carbocycles. The minimum Gasteiger partial charge on any atom is -0.373 e. The third-order valence-electron chi connectivity index (χ3n) is 4.70. The summed E-state index contributed by atoms with van der Waals surface area (Å²) in [6.07, 6.45) is 2.52. The summed E-state index contributed by atoms with van der Waals surface area (Å²) in [6, 6.07) is 6.01. The first-order chi connectivity index (χ1) is 11.5. The molecule has 0 aliphatic carbocycles. The van der Waals surface area contributed by atoms with Gasteiger partial charge < -0.3 is 15.0 Å². The molecule has 132 valence electrons. The van der Waals surface area contributed by atoms with Crippen LogP contribution in [0.25, 0.3) is 0 Å². The molecule has 2 aliphatic rings. The highest BCUT2D eigenvalue weighted by atomic mass is 19.1. The molecule has 0 aromatic heterocycles. The number of nitrogens with one attached hydrogen (secondary N) is 1. The summed E-state index contributed by atoms with van der Waals surface area (Å²) in [5.74, 6) is -0.303. The number of likely N-dealkylation sites (tertiary alicyclic amines) is 1. The number of nitrogens with zero attached hydrogens (tertiary/aromatic N) is 2. The number of amides is 2. The zero-order valence-corrected chi connectivity index (χ0v) is 14.4. The summed E-state index contributed by atoms with van der Waals surface area (Å²) < 4.78 is 18.8. The summed E-state index contributed by atoms with van der Waals surface area (Å²) in [5.41, 5.74) is 0.626. The van der Waals surface area contributed by atoms with Gasteiger partial charge in [-0.15, -0.1) is 0 Å². The number of urea groups is 1. The number of carbonyl (C=O) groups excluding carboxylic acids is 1. The number of halogens is 1. The normalized spacial score (nSPS) is 28.1. The summed E-state index contributed by atoms with van der Waals surface area (Å²) in [7, 11) is 0. The number of morpholine rings is 1. The molecular weight excluding hydrogens is 309 g/mol. The van der Waals surface area contributed by atoms with Crippen molar-refractivity contribution in [3.63, 3.8) is 0 Å². The molecule has 1 aromatic carbocycles. The van der Waals surface area contributed by atoms with E-state index in [9.17, 15) is 9.18 Å². The lowest BCUT2D eigenvalue weighted by molar-refractivity contribution is -0.0712. The molecular formula is C18H26FN3O2. The molecule has 0 spiro atoms. The van der Waals surface area contributed by atoms with E-state index >= 15 is 0 Å². The Morgan fingerprint density at radius 3 is 2.58 bits per heavy atom. The number of carbonyl (C=O) groups is 1. The van der Waals surface area contributed by atoms with Crippen molar-refractivity contribution in [2.45, 2.75) is 44.9 Å². The monoisotopic (exact) mass is 335 g/mol. The summed E-state index contributed by atoms with van der Waals surface area (Å²) in [4.78, 5) is 16.9. The topological polar surface area (TPSA) is 44.8 Å². The van der Waals surface area contributed by atoms with Crippen molar-refractivity contribution in [3.8, 4) is 0 Å². The van der Waals surface area contributed by atoms with Gasteiger partial charge in [-0.05, 0) is 51.0 Å². The van der Waals surface area contributed by atoms with Gasteiger partial charge in [-0.1, -0.05) is 0 Å². The van der Waals surface area contributed by atoms with E-state index in [4.69, 9.17) is 4.74 Å². The number of rotatable bonds is 3. The summed E-state index contributed by atoms with van der Waals surface area (Å²) >= 11 is 0. The highest BCUT2D eigenvalue weighted by Crippen LogP contribution is 2.22. The maximum absolute atomic E-state index is 13.0. The highest BCUT2D eigenvalue weighted by Gasteiger charge is 2.32. The Kier molecular flexibility index (Phi) is 5.36. The van der Waals surface area contributed by atoms with Gasteiger partial charge in [-0.25, -0.2) is 9.18 Å². The fourth-order valence-corrected chi connectivity index (χ4v) is 3.75. The van der Waals surface area contributed by atoms with Crippen LogP contribution in [-0.2, 0) is 4.74 Å². The smallest absolute Gasteiger partial charge is 0.322 e. The third-order valence-corrected chi connectivity index (χ3v) is 4.70. The zero-order chi connectivity index (χ0) is 17.1. The van der Waals surface area contributed by atoms with E-state index in [-0.39, 0.29) is 30.1 Å². The van der Waals surface area contributed by atoms with Crippen LogP contribution in [0.5, 0.6) is 0 Å². The van der Waals surface area contributed by atoms with Crippen molar-refractivity contribution in [1.82, 2.24) is 9.80 Å². The van der Waals surface area contributed by atoms with Gasteiger partial charge in [0.15, 0.2) is 0 Å². The molecule has 6 heteroatoms. The Morgan fingerprint density at radius 1 is 1.25 bits per heavy atom. The number of anilines is 1. The number of ether oxygens (including phenoxy) is 1. The van der Waals surface area contributed by atoms with Crippen LogP contribution in [0, 0.1) is 5.82 Å². The standard InChI is InChI=1S/C18H26FN3O2/c1-13-10-21(11-14(2)24-13)12-17-4-3-9-22(17)18(23)20-16-7-5-15(19)6-8-16/h5-8,13-14,17H,3-4,9-12H2,1-2H3,(H,20,23)/t13-,14-,17+/m1/s1. The molecule has 5 nitrogen and oxygen atoms in total. The fourth-order valence-electron chi connectivity index (χ4n) is 3.75.